The van der Waals surface area contributed by atoms with Crippen molar-refractivity contribution in [2.75, 3.05) is 19.8 Å². The smallest absolute Gasteiger partial charge is 0.101 e. The standard InChI is InChI=1S/C16H16ClN3S/c1-20(2)10-11-5-3-4-6-15(11)21-16-8-13(17)12(9-18)7-14(16)19/h3-8H,10,19H2,1-2H3. The monoisotopic (exact) mass is 317 g/mol. The van der Waals surface area contributed by atoms with Gasteiger partial charge in [0.25, 0.3) is 0 Å². The van der Waals surface area contributed by atoms with Crippen LogP contribution in [0.3, 0.4) is 0 Å². The minimum Gasteiger partial charge on any atom is -0.398 e. The summed E-state index contributed by atoms with van der Waals surface area (Å²) < 4.78 is 0. The Balaban J connectivity index is 2.35. The number of nitrogens with two attached hydrogens (primary N) is 1. The Morgan fingerprint density at radius 1 is 1.24 bits per heavy atom. The summed E-state index contributed by atoms with van der Waals surface area (Å²) in [7, 11) is 4.07. The summed E-state index contributed by atoms with van der Waals surface area (Å²) in [5.41, 5.74) is 8.23. The van der Waals surface area contributed by atoms with E-state index in [4.69, 9.17) is 22.6 Å². The van der Waals surface area contributed by atoms with Gasteiger partial charge in [0.1, 0.15) is 6.07 Å². The fourth-order valence-electron chi connectivity index (χ4n) is 1.94. The van der Waals surface area contributed by atoms with Gasteiger partial charge >= 0.3 is 0 Å². The molecule has 0 aliphatic rings. The molecule has 0 saturated heterocycles. The highest BCUT2D eigenvalue weighted by molar-refractivity contribution is 7.99. The number of hydrogen-bond acceptors (Lipinski definition) is 4. The van der Waals surface area contributed by atoms with E-state index in [1.165, 1.54) is 5.56 Å². The van der Waals surface area contributed by atoms with Crippen molar-refractivity contribution in [2.24, 2.45) is 0 Å². The third kappa shape index (κ3) is 3.92. The molecule has 0 saturated carbocycles. The van der Waals surface area contributed by atoms with E-state index < -0.39 is 0 Å². The van der Waals surface area contributed by atoms with Crippen LogP contribution < -0.4 is 5.73 Å². The molecule has 0 radical (unpaired) electrons. The highest BCUT2D eigenvalue weighted by Crippen LogP contribution is 2.37. The number of hydrogen-bond donors (Lipinski definition) is 1. The molecule has 0 spiro atoms. The Morgan fingerprint density at radius 3 is 2.62 bits per heavy atom. The van der Waals surface area contributed by atoms with Crippen LogP contribution in [0.15, 0.2) is 46.2 Å². The maximum atomic E-state index is 8.96. The first-order chi connectivity index (χ1) is 10.0. The van der Waals surface area contributed by atoms with Gasteiger partial charge in [0.15, 0.2) is 0 Å². The van der Waals surface area contributed by atoms with Gasteiger partial charge in [0.2, 0.25) is 0 Å². The fourth-order valence-corrected chi connectivity index (χ4v) is 3.21. The Labute approximate surface area is 134 Å². The van der Waals surface area contributed by atoms with Gasteiger partial charge in [-0.3, -0.25) is 0 Å². The van der Waals surface area contributed by atoms with Gasteiger partial charge in [0, 0.05) is 22.0 Å². The third-order valence-corrected chi connectivity index (χ3v) is 4.40. The van der Waals surface area contributed by atoms with E-state index in [1.807, 2.05) is 32.3 Å². The van der Waals surface area contributed by atoms with E-state index in [9.17, 15) is 0 Å². The first kappa shape index (κ1) is 15.7. The first-order valence-electron chi connectivity index (χ1n) is 6.41. The molecule has 0 atom stereocenters. The molecule has 0 heterocycles. The second kappa shape index (κ2) is 6.86. The topological polar surface area (TPSA) is 53.0 Å². The third-order valence-electron chi connectivity index (χ3n) is 2.90. The van der Waals surface area contributed by atoms with Crippen molar-refractivity contribution in [3.63, 3.8) is 0 Å². The van der Waals surface area contributed by atoms with Gasteiger partial charge < -0.3 is 10.6 Å². The summed E-state index contributed by atoms with van der Waals surface area (Å²) in [6.45, 7) is 0.854. The average Bonchev–Trinajstić information content (AvgIpc) is 2.44. The van der Waals surface area contributed by atoms with Gasteiger partial charge in [-0.1, -0.05) is 41.6 Å². The summed E-state index contributed by atoms with van der Waals surface area (Å²) in [4.78, 5) is 4.12. The van der Waals surface area contributed by atoms with E-state index in [2.05, 4.69) is 17.0 Å². The molecule has 0 aliphatic heterocycles. The van der Waals surface area contributed by atoms with Crippen LogP contribution in [0, 0.1) is 11.3 Å². The normalized spacial score (nSPS) is 10.6. The lowest BCUT2D eigenvalue weighted by Crippen LogP contribution is -2.11. The van der Waals surface area contributed by atoms with E-state index in [-0.39, 0.29) is 0 Å². The molecular formula is C16H16ClN3S. The highest BCUT2D eigenvalue weighted by Gasteiger charge is 2.10. The summed E-state index contributed by atoms with van der Waals surface area (Å²) >= 11 is 7.66. The van der Waals surface area contributed by atoms with E-state index in [0.717, 1.165) is 16.3 Å². The van der Waals surface area contributed by atoms with Crippen LogP contribution in [-0.4, -0.2) is 19.0 Å². The number of rotatable bonds is 4. The Hall–Kier alpha value is -1.67. The number of nitrogen functional groups attached to an aromatic ring is 1. The molecular weight excluding hydrogens is 302 g/mol. The van der Waals surface area contributed by atoms with Crippen LogP contribution in [0.1, 0.15) is 11.1 Å². The number of anilines is 1. The fraction of sp³-hybridized carbons (Fsp3) is 0.188. The molecule has 5 heteroatoms. The zero-order valence-electron chi connectivity index (χ0n) is 11.9. The molecule has 2 aromatic carbocycles. The molecule has 2 N–H and O–H groups in total. The Bertz CT molecular complexity index is 692. The Kier molecular flexibility index (Phi) is 5.13. The highest BCUT2D eigenvalue weighted by atomic mass is 35.5. The maximum Gasteiger partial charge on any atom is 0.101 e. The molecule has 0 bridgehead atoms. The van der Waals surface area contributed by atoms with Gasteiger partial charge in [-0.2, -0.15) is 5.26 Å². The lowest BCUT2D eigenvalue weighted by Gasteiger charge is -2.14. The van der Waals surface area contributed by atoms with Crippen LogP contribution >= 0.6 is 23.4 Å². The average molecular weight is 318 g/mol. The summed E-state index contributed by atoms with van der Waals surface area (Å²) in [5, 5.41) is 9.39. The van der Waals surface area contributed by atoms with Crippen molar-refractivity contribution in [2.45, 2.75) is 16.3 Å². The molecule has 21 heavy (non-hydrogen) atoms. The predicted octanol–water partition coefficient (Wildman–Crippen LogP) is 4.01. The SMILES string of the molecule is CN(C)Cc1ccccc1Sc1cc(Cl)c(C#N)cc1N. The summed E-state index contributed by atoms with van der Waals surface area (Å²) in [6, 6.07) is 13.6. The maximum absolute atomic E-state index is 8.96. The molecule has 2 rings (SSSR count). The van der Waals surface area contributed by atoms with Crippen LogP contribution in [0.5, 0.6) is 0 Å². The number of halogens is 1. The van der Waals surface area contributed by atoms with Crippen LogP contribution in [0.4, 0.5) is 5.69 Å². The second-order valence-corrected chi connectivity index (χ2v) is 6.42. The van der Waals surface area contributed by atoms with Crippen molar-refractivity contribution in [3.8, 4) is 6.07 Å². The number of nitriles is 1. The molecule has 3 nitrogen and oxygen atoms in total. The minimum atomic E-state index is 0.403. The van der Waals surface area contributed by atoms with E-state index in [0.29, 0.717) is 16.3 Å². The Morgan fingerprint density at radius 2 is 1.95 bits per heavy atom. The molecule has 2 aromatic rings. The molecule has 0 aromatic heterocycles. The van der Waals surface area contributed by atoms with Crippen LogP contribution in [0.2, 0.25) is 5.02 Å². The lowest BCUT2D eigenvalue weighted by molar-refractivity contribution is 0.399. The van der Waals surface area contributed by atoms with E-state index in [1.54, 1.807) is 23.9 Å². The van der Waals surface area contributed by atoms with Gasteiger partial charge in [-0.25, -0.2) is 0 Å². The largest absolute Gasteiger partial charge is 0.398 e. The molecule has 0 fully saturated rings. The minimum absolute atomic E-state index is 0.403. The van der Waals surface area contributed by atoms with Crippen molar-refractivity contribution in [3.05, 3.63) is 52.5 Å². The molecule has 108 valence electrons. The van der Waals surface area contributed by atoms with Crippen LogP contribution in [-0.2, 0) is 6.54 Å². The van der Waals surface area contributed by atoms with Crippen molar-refractivity contribution < 1.29 is 0 Å². The molecule has 0 aliphatic carbocycles. The van der Waals surface area contributed by atoms with Crippen LogP contribution in [0.25, 0.3) is 0 Å². The second-order valence-electron chi connectivity index (χ2n) is 4.93. The molecule has 0 amide bonds. The predicted molar refractivity (Wildman–Crippen MR) is 88.5 cm³/mol. The van der Waals surface area contributed by atoms with Gasteiger partial charge in [-0.05, 0) is 37.9 Å². The van der Waals surface area contributed by atoms with Gasteiger partial charge in [0.05, 0.1) is 10.6 Å². The molecule has 0 unspecified atom stereocenters. The zero-order valence-corrected chi connectivity index (χ0v) is 13.5. The first-order valence-corrected chi connectivity index (χ1v) is 7.60. The van der Waals surface area contributed by atoms with Crippen molar-refractivity contribution >= 4 is 29.1 Å². The van der Waals surface area contributed by atoms with E-state index >= 15 is 0 Å². The zero-order chi connectivity index (χ0) is 15.4. The van der Waals surface area contributed by atoms with Crippen molar-refractivity contribution in [1.29, 1.82) is 5.26 Å². The van der Waals surface area contributed by atoms with Crippen molar-refractivity contribution in [1.82, 2.24) is 4.90 Å². The summed E-state index contributed by atoms with van der Waals surface area (Å²) in [6.07, 6.45) is 0. The van der Waals surface area contributed by atoms with Gasteiger partial charge in [-0.15, -0.1) is 0 Å². The number of benzene rings is 2. The summed E-state index contributed by atoms with van der Waals surface area (Å²) in [5.74, 6) is 0. The quantitative estimate of drug-likeness (QED) is 0.866. The lowest BCUT2D eigenvalue weighted by atomic mass is 10.2. The number of nitrogens with zero attached hydrogens (tertiary/aromatic N) is 2.